The Bertz CT molecular complexity index is 406. The molecule has 1 heterocycles. The van der Waals surface area contributed by atoms with Crippen LogP contribution in [0.5, 0.6) is 5.75 Å². The van der Waals surface area contributed by atoms with Gasteiger partial charge in [-0.05, 0) is 44.0 Å². The lowest BCUT2D eigenvalue weighted by Gasteiger charge is -2.27. The van der Waals surface area contributed by atoms with Crippen LogP contribution >= 0.6 is 0 Å². The van der Waals surface area contributed by atoms with Gasteiger partial charge in [-0.1, -0.05) is 18.9 Å². The van der Waals surface area contributed by atoms with Gasteiger partial charge in [0.2, 0.25) is 0 Å². The van der Waals surface area contributed by atoms with E-state index in [1.54, 1.807) is 7.11 Å². The average molecular weight is 262 g/mol. The number of ether oxygens (including phenoxy) is 1. The molecule has 0 aromatic heterocycles. The monoisotopic (exact) mass is 262 g/mol. The summed E-state index contributed by atoms with van der Waals surface area (Å²) in [7, 11) is 1.70. The van der Waals surface area contributed by atoms with Crippen molar-refractivity contribution in [1.82, 2.24) is 4.90 Å². The Balaban J connectivity index is 2.09. The van der Waals surface area contributed by atoms with E-state index >= 15 is 0 Å². The molecule has 0 aliphatic carbocycles. The van der Waals surface area contributed by atoms with E-state index in [2.05, 4.69) is 24.0 Å². The highest BCUT2D eigenvalue weighted by atomic mass is 16.5. The first-order chi connectivity index (χ1) is 9.24. The molecule has 106 valence electrons. The zero-order valence-corrected chi connectivity index (χ0v) is 12.2. The van der Waals surface area contributed by atoms with Gasteiger partial charge in [-0.3, -0.25) is 4.90 Å². The van der Waals surface area contributed by atoms with E-state index in [1.165, 1.54) is 37.8 Å². The summed E-state index contributed by atoms with van der Waals surface area (Å²) >= 11 is 0. The minimum absolute atomic E-state index is 0.534. The predicted octanol–water partition coefficient (Wildman–Crippen LogP) is 2.92. The molecule has 2 N–H and O–H groups in total. The molecule has 0 radical (unpaired) electrons. The third kappa shape index (κ3) is 3.71. The fourth-order valence-electron chi connectivity index (χ4n) is 2.89. The summed E-state index contributed by atoms with van der Waals surface area (Å²) in [6, 6.07) is 7.08. The van der Waals surface area contributed by atoms with Crippen molar-refractivity contribution in [3.8, 4) is 5.75 Å². The predicted molar refractivity (Wildman–Crippen MR) is 79.2 cm³/mol. The first-order valence-electron chi connectivity index (χ1n) is 7.34. The van der Waals surface area contributed by atoms with E-state index in [0.29, 0.717) is 12.6 Å². The number of benzene rings is 1. The van der Waals surface area contributed by atoms with Gasteiger partial charge in [0.05, 0.1) is 7.11 Å². The summed E-state index contributed by atoms with van der Waals surface area (Å²) in [5.74, 6) is 0.898. The minimum Gasteiger partial charge on any atom is -0.496 e. The van der Waals surface area contributed by atoms with E-state index in [4.69, 9.17) is 10.5 Å². The number of rotatable bonds is 4. The van der Waals surface area contributed by atoms with Crippen molar-refractivity contribution in [2.24, 2.45) is 5.73 Å². The molecule has 0 spiro atoms. The maximum atomic E-state index is 5.79. The van der Waals surface area contributed by atoms with Crippen LogP contribution < -0.4 is 10.5 Å². The highest BCUT2D eigenvalue weighted by Gasteiger charge is 2.17. The van der Waals surface area contributed by atoms with Gasteiger partial charge in [0.25, 0.3) is 0 Å². The molecule has 19 heavy (non-hydrogen) atoms. The van der Waals surface area contributed by atoms with Gasteiger partial charge >= 0.3 is 0 Å². The molecule has 1 aromatic rings. The van der Waals surface area contributed by atoms with E-state index in [1.807, 2.05) is 6.07 Å². The number of nitrogens with zero attached hydrogens (tertiary/aromatic N) is 1. The van der Waals surface area contributed by atoms with Gasteiger partial charge in [0.1, 0.15) is 5.75 Å². The SMILES string of the molecule is COc1ccc(CN2CCCCCC2C)cc1CN. The fraction of sp³-hybridized carbons (Fsp3) is 0.625. The fourth-order valence-corrected chi connectivity index (χ4v) is 2.89. The third-order valence-corrected chi connectivity index (χ3v) is 4.14. The van der Waals surface area contributed by atoms with Gasteiger partial charge in [0, 0.05) is 24.7 Å². The van der Waals surface area contributed by atoms with Crippen molar-refractivity contribution >= 4 is 0 Å². The van der Waals surface area contributed by atoms with Crippen LogP contribution in [0.4, 0.5) is 0 Å². The van der Waals surface area contributed by atoms with Crippen LogP contribution in [0.3, 0.4) is 0 Å². The van der Waals surface area contributed by atoms with Crippen LogP contribution in [0.15, 0.2) is 18.2 Å². The van der Waals surface area contributed by atoms with Gasteiger partial charge in [0.15, 0.2) is 0 Å². The van der Waals surface area contributed by atoms with Gasteiger partial charge in [-0.15, -0.1) is 0 Å². The lowest BCUT2D eigenvalue weighted by molar-refractivity contribution is 0.205. The van der Waals surface area contributed by atoms with Crippen molar-refractivity contribution in [2.75, 3.05) is 13.7 Å². The van der Waals surface area contributed by atoms with E-state index < -0.39 is 0 Å². The lowest BCUT2D eigenvalue weighted by atomic mass is 10.1. The lowest BCUT2D eigenvalue weighted by Crippen LogP contribution is -2.32. The van der Waals surface area contributed by atoms with Crippen LogP contribution in [0.1, 0.15) is 43.7 Å². The van der Waals surface area contributed by atoms with Gasteiger partial charge in [-0.2, -0.15) is 0 Å². The Morgan fingerprint density at radius 1 is 1.32 bits per heavy atom. The van der Waals surface area contributed by atoms with Crippen LogP contribution in [0, 0.1) is 0 Å². The zero-order valence-electron chi connectivity index (χ0n) is 12.2. The molecule has 0 amide bonds. The second-order valence-corrected chi connectivity index (χ2v) is 5.52. The quantitative estimate of drug-likeness (QED) is 0.906. The smallest absolute Gasteiger partial charge is 0.123 e. The number of methoxy groups -OCH3 is 1. The second-order valence-electron chi connectivity index (χ2n) is 5.52. The molecule has 1 atom stereocenters. The molecular weight excluding hydrogens is 236 g/mol. The van der Waals surface area contributed by atoms with E-state index in [0.717, 1.165) is 17.9 Å². The van der Waals surface area contributed by atoms with Crippen LogP contribution in [0.2, 0.25) is 0 Å². The summed E-state index contributed by atoms with van der Waals surface area (Å²) in [6.45, 7) is 5.12. The summed E-state index contributed by atoms with van der Waals surface area (Å²) in [5, 5.41) is 0. The summed E-state index contributed by atoms with van der Waals surface area (Å²) in [6.07, 6.45) is 5.38. The van der Waals surface area contributed by atoms with E-state index in [-0.39, 0.29) is 0 Å². The van der Waals surface area contributed by atoms with Crippen LogP contribution in [-0.2, 0) is 13.1 Å². The molecule has 3 heteroatoms. The highest BCUT2D eigenvalue weighted by Crippen LogP contribution is 2.23. The molecule has 0 bridgehead atoms. The van der Waals surface area contributed by atoms with E-state index in [9.17, 15) is 0 Å². The Hall–Kier alpha value is -1.06. The number of nitrogens with two attached hydrogens (primary N) is 1. The molecule has 1 aliphatic rings. The Kier molecular flexibility index (Phi) is 5.23. The third-order valence-electron chi connectivity index (χ3n) is 4.14. The molecule has 1 saturated heterocycles. The van der Waals surface area contributed by atoms with Crippen molar-refractivity contribution in [1.29, 1.82) is 0 Å². The zero-order chi connectivity index (χ0) is 13.7. The van der Waals surface area contributed by atoms with Crippen LogP contribution in [-0.4, -0.2) is 24.6 Å². The second kappa shape index (κ2) is 6.92. The molecule has 0 saturated carbocycles. The molecule has 2 rings (SSSR count). The number of likely N-dealkylation sites (tertiary alicyclic amines) is 1. The van der Waals surface area contributed by atoms with Crippen molar-refractivity contribution in [3.05, 3.63) is 29.3 Å². The topological polar surface area (TPSA) is 38.5 Å². The van der Waals surface area contributed by atoms with Crippen molar-refractivity contribution in [3.63, 3.8) is 0 Å². The minimum atomic E-state index is 0.534. The standard InChI is InChI=1S/C16H26N2O/c1-13-6-4-3-5-9-18(13)12-14-7-8-16(19-2)15(10-14)11-17/h7-8,10,13H,3-6,9,11-12,17H2,1-2H3. The molecule has 1 unspecified atom stereocenters. The molecule has 1 aromatic carbocycles. The van der Waals surface area contributed by atoms with Crippen LogP contribution in [0.25, 0.3) is 0 Å². The number of hydrogen-bond donors (Lipinski definition) is 1. The summed E-state index contributed by atoms with van der Waals surface area (Å²) in [4.78, 5) is 2.59. The average Bonchev–Trinajstić information content (AvgIpc) is 2.64. The molecular formula is C16H26N2O. The largest absolute Gasteiger partial charge is 0.496 e. The Labute approximate surface area is 116 Å². The molecule has 1 fully saturated rings. The maximum Gasteiger partial charge on any atom is 0.123 e. The van der Waals surface area contributed by atoms with Crippen molar-refractivity contribution < 1.29 is 4.74 Å². The number of hydrogen-bond acceptors (Lipinski definition) is 3. The molecule has 3 nitrogen and oxygen atoms in total. The Morgan fingerprint density at radius 3 is 2.89 bits per heavy atom. The summed E-state index contributed by atoms with van der Waals surface area (Å²) in [5.41, 5.74) is 8.23. The maximum absolute atomic E-state index is 5.79. The van der Waals surface area contributed by atoms with Gasteiger partial charge < -0.3 is 10.5 Å². The summed E-state index contributed by atoms with van der Waals surface area (Å²) < 4.78 is 5.33. The highest BCUT2D eigenvalue weighted by molar-refractivity contribution is 5.37. The first kappa shape index (κ1) is 14.4. The molecule has 1 aliphatic heterocycles. The van der Waals surface area contributed by atoms with Crippen molar-refractivity contribution in [2.45, 2.75) is 51.7 Å². The first-order valence-corrected chi connectivity index (χ1v) is 7.34. The Morgan fingerprint density at radius 2 is 2.16 bits per heavy atom. The normalized spacial score (nSPS) is 21.1. The van der Waals surface area contributed by atoms with Gasteiger partial charge in [-0.25, -0.2) is 0 Å².